The second kappa shape index (κ2) is 13.7. The van der Waals surface area contributed by atoms with Gasteiger partial charge < -0.3 is 0 Å². The van der Waals surface area contributed by atoms with Gasteiger partial charge in [0.1, 0.15) is 4.70 Å². The molecular weight excluding hydrogens is 705 g/mol. The molecule has 0 spiro atoms. The van der Waals surface area contributed by atoms with Crippen LogP contribution in [-0.4, -0.2) is 71.2 Å². The molecule has 0 bridgehead atoms. The first kappa shape index (κ1) is 32.8. The predicted octanol–water partition coefficient (Wildman–Crippen LogP) is 6.08. The van der Waals surface area contributed by atoms with Gasteiger partial charge in [0.25, 0.3) is 23.5 Å². The van der Waals surface area contributed by atoms with E-state index >= 15 is 0 Å². The number of fused-ring (bicyclic) bond motifs is 2. The summed E-state index contributed by atoms with van der Waals surface area (Å²) in [5, 5.41) is 12.8. The molecule has 16 heteroatoms. The summed E-state index contributed by atoms with van der Waals surface area (Å²) in [6.45, 7) is -0.181. The van der Waals surface area contributed by atoms with E-state index in [9.17, 15) is 24.5 Å². The van der Waals surface area contributed by atoms with E-state index in [0.717, 1.165) is 5.69 Å². The highest BCUT2D eigenvalue weighted by Crippen LogP contribution is 2.34. The summed E-state index contributed by atoms with van der Waals surface area (Å²) < 4.78 is 2.49. The number of amides is 3. The van der Waals surface area contributed by atoms with Crippen molar-refractivity contribution in [1.29, 1.82) is 0 Å². The first-order valence-corrected chi connectivity index (χ1v) is 17.6. The molecule has 0 unspecified atom stereocenters. The Morgan fingerprint density at radius 3 is 2.23 bits per heavy atom. The van der Waals surface area contributed by atoms with Crippen molar-refractivity contribution in [2.75, 3.05) is 18.9 Å². The van der Waals surface area contributed by atoms with E-state index in [0.29, 0.717) is 37.2 Å². The topological polar surface area (TPSA) is 165 Å². The average Bonchev–Trinajstić information content (AvgIpc) is 3.79. The number of para-hydroxylation sites is 2. The van der Waals surface area contributed by atoms with Crippen molar-refractivity contribution in [2.24, 2.45) is 9.98 Å². The van der Waals surface area contributed by atoms with Crippen molar-refractivity contribution in [3.05, 3.63) is 135 Å². The number of hydrogen-bond donors (Lipinski definition) is 0. The molecular formula is C36H24N8O6S2. The molecule has 0 N–H and O–H groups in total. The lowest BCUT2D eigenvalue weighted by molar-refractivity contribution is -0.384. The highest BCUT2D eigenvalue weighted by Gasteiger charge is 2.37. The molecule has 4 aromatic carbocycles. The first-order valence-electron chi connectivity index (χ1n) is 15.8. The number of carbonyl (C=O) groups excluding carboxylic acids is 3. The maximum atomic E-state index is 13.0. The van der Waals surface area contributed by atoms with Gasteiger partial charge >= 0.3 is 0 Å². The number of benzene rings is 4. The molecule has 256 valence electrons. The zero-order valence-electron chi connectivity index (χ0n) is 26.9. The molecule has 3 amide bonds. The quantitative estimate of drug-likeness (QED) is 0.0974. The van der Waals surface area contributed by atoms with Crippen LogP contribution in [0.5, 0.6) is 0 Å². The Morgan fingerprint density at radius 1 is 0.827 bits per heavy atom. The zero-order valence-corrected chi connectivity index (χ0v) is 28.5. The van der Waals surface area contributed by atoms with Crippen molar-refractivity contribution < 1.29 is 24.1 Å². The second-order valence-corrected chi connectivity index (χ2v) is 13.3. The summed E-state index contributed by atoms with van der Waals surface area (Å²) in [5.74, 6) is -1.31. The van der Waals surface area contributed by atoms with E-state index in [1.807, 2.05) is 65.2 Å². The Kier molecular flexibility index (Phi) is 8.68. The molecule has 4 heterocycles. The van der Waals surface area contributed by atoms with E-state index in [4.69, 9.17) is 24.8 Å². The number of thioether (sulfide) groups is 1. The van der Waals surface area contributed by atoms with Gasteiger partial charge in [0.2, 0.25) is 5.91 Å². The number of amidine groups is 1. The van der Waals surface area contributed by atoms with Crippen LogP contribution in [0, 0.1) is 10.1 Å². The third-order valence-corrected chi connectivity index (χ3v) is 10.1. The molecule has 2 aliphatic heterocycles. The number of hydroxylamine groups is 2. The van der Waals surface area contributed by atoms with E-state index < -0.39 is 16.7 Å². The molecule has 0 aliphatic carbocycles. The molecule has 0 saturated carbocycles. The standard InChI is InChI=1S/C36H24N8O6S2/c45-28-21-51-35(41(28)18-19-50-43-32(46)26-16-7-8-17-27(26)33(43)47)40-34-38-29(22-10-9-15-25(20-22)44(48)49)30-31(39-34)42(24-13-5-2-6-14-24)36(52-30)37-23-11-3-1-4-12-23/h1-17,20H,18-19,21H2/b37-36?,40-35-. The lowest BCUT2D eigenvalue weighted by Gasteiger charge is -2.18. The fraction of sp³-hybridized carbons (Fsp3) is 0.0833. The molecule has 8 rings (SSSR count). The lowest BCUT2D eigenvalue weighted by atomic mass is 10.1. The average molecular weight is 729 g/mol. The second-order valence-electron chi connectivity index (χ2n) is 11.3. The number of nitrogens with zero attached hydrogens (tertiary/aromatic N) is 8. The third kappa shape index (κ3) is 6.14. The van der Waals surface area contributed by atoms with Gasteiger partial charge in [-0.2, -0.15) is 9.98 Å². The molecule has 0 radical (unpaired) electrons. The monoisotopic (exact) mass is 728 g/mol. The van der Waals surface area contributed by atoms with E-state index in [-0.39, 0.29) is 52.7 Å². The molecule has 14 nitrogen and oxygen atoms in total. The minimum absolute atomic E-state index is 0.00575. The number of thiazole rings is 1. The maximum absolute atomic E-state index is 13.0. The SMILES string of the molecule is O=C1c2ccccc2C(=O)N1OCCN1C(=O)CS/C1=N\c1nc(-c2cccc([N+](=O)[O-])c2)c2sc(=Nc3ccccc3)n(-c3ccccc3)c2n1. The predicted molar refractivity (Wildman–Crippen MR) is 195 cm³/mol. The Balaban J connectivity index is 1.21. The molecule has 0 atom stereocenters. The number of carbonyl (C=O) groups is 3. The van der Waals surface area contributed by atoms with Crippen LogP contribution in [0.25, 0.3) is 27.3 Å². The van der Waals surface area contributed by atoms with Gasteiger partial charge in [-0.05, 0) is 36.4 Å². The third-order valence-electron chi connectivity index (χ3n) is 8.10. The molecule has 1 fully saturated rings. The number of aromatic nitrogens is 3. The van der Waals surface area contributed by atoms with Gasteiger partial charge in [0, 0.05) is 23.4 Å². The van der Waals surface area contributed by atoms with Gasteiger partial charge in [0.15, 0.2) is 15.6 Å². The van der Waals surface area contributed by atoms with Gasteiger partial charge in [-0.1, -0.05) is 83.8 Å². The van der Waals surface area contributed by atoms with Crippen LogP contribution in [0.4, 0.5) is 17.3 Å². The number of nitro groups is 1. The number of rotatable bonds is 9. The van der Waals surface area contributed by atoms with E-state index in [2.05, 4.69) is 0 Å². The van der Waals surface area contributed by atoms with Gasteiger partial charge in [-0.25, -0.2) is 9.98 Å². The number of hydrogen-bond acceptors (Lipinski definition) is 12. The van der Waals surface area contributed by atoms with Gasteiger partial charge in [-0.3, -0.25) is 38.8 Å². The summed E-state index contributed by atoms with van der Waals surface area (Å²) in [6.07, 6.45) is 0. The maximum Gasteiger partial charge on any atom is 0.285 e. The summed E-state index contributed by atoms with van der Waals surface area (Å²) in [7, 11) is 0. The summed E-state index contributed by atoms with van der Waals surface area (Å²) in [5.41, 5.74) is 3.18. The number of non-ortho nitro benzene ring substituents is 1. The van der Waals surface area contributed by atoms with E-state index in [1.165, 1.54) is 40.1 Å². The van der Waals surface area contributed by atoms with Gasteiger partial charge in [-0.15, -0.1) is 5.06 Å². The van der Waals surface area contributed by atoms with Crippen molar-refractivity contribution in [1.82, 2.24) is 24.5 Å². The Morgan fingerprint density at radius 2 is 1.52 bits per heavy atom. The normalized spacial score (nSPS) is 15.3. The minimum Gasteiger partial charge on any atom is -0.288 e. The molecule has 6 aromatic rings. The molecule has 1 saturated heterocycles. The smallest absolute Gasteiger partial charge is 0.285 e. The van der Waals surface area contributed by atoms with Crippen LogP contribution < -0.4 is 4.80 Å². The van der Waals surface area contributed by atoms with Crippen molar-refractivity contribution in [3.63, 3.8) is 0 Å². The summed E-state index contributed by atoms with van der Waals surface area (Å²) in [4.78, 5) is 76.7. The van der Waals surface area contributed by atoms with Crippen LogP contribution in [0.1, 0.15) is 20.7 Å². The number of nitro benzene ring substituents is 1. The van der Waals surface area contributed by atoms with Crippen molar-refractivity contribution >= 4 is 73.7 Å². The van der Waals surface area contributed by atoms with Crippen LogP contribution in [0.15, 0.2) is 119 Å². The molecule has 2 aliphatic rings. The van der Waals surface area contributed by atoms with E-state index in [1.54, 1.807) is 36.4 Å². The van der Waals surface area contributed by atoms with Crippen LogP contribution in [-0.2, 0) is 9.63 Å². The molecule has 2 aromatic heterocycles. The van der Waals surface area contributed by atoms with Crippen molar-refractivity contribution in [2.45, 2.75) is 0 Å². The lowest BCUT2D eigenvalue weighted by Crippen LogP contribution is -2.37. The first-order chi connectivity index (χ1) is 25.4. The fourth-order valence-electron chi connectivity index (χ4n) is 5.70. The Hall–Kier alpha value is -6.36. The Labute approximate surface area is 302 Å². The largest absolute Gasteiger partial charge is 0.288 e. The highest BCUT2D eigenvalue weighted by molar-refractivity contribution is 8.15. The number of imide groups is 1. The number of aliphatic imine (C=N–C) groups is 1. The minimum atomic E-state index is -0.576. The summed E-state index contributed by atoms with van der Waals surface area (Å²) in [6, 6.07) is 31.5. The zero-order chi connectivity index (χ0) is 35.8. The van der Waals surface area contributed by atoms with Crippen LogP contribution in [0.2, 0.25) is 0 Å². The Bertz CT molecular complexity index is 2480. The molecule has 52 heavy (non-hydrogen) atoms. The van der Waals surface area contributed by atoms with Gasteiger partial charge in [0.05, 0.1) is 46.3 Å². The van der Waals surface area contributed by atoms with Crippen LogP contribution in [0.3, 0.4) is 0 Å². The summed E-state index contributed by atoms with van der Waals surface area (Å²) >= 11 is 2.51. The van der Waals surface area contributed by atoms with Crippen LogP contribution >= 0.6 is 23.1 Å². The van der Waals surface area contributed by atoms with Crippen molar-refractivity contribution in [3.8, 4) is 16.9 Å². The fourth-order valence-corrected chi connectivity index (χ4v) is 7.71. The highest BCUT2D eigenvalue weighted by atomic mass is 32.2.